The lowest BCUT2D eigenvalue weighted by Crippen LogP contribution is -2.29. The van der Waals surface area contributed by atoms with Crippen LogP contribution in [0, 0.1) is 6.92 Å². The first-order valence-corrected chi connectivity index (χ1v) is 9.43. The predicted molar refractivity (Wildman–Crippen MR) is 90.5 cm³/mol. The molecule has 1 heterocycles. The van der Waals surface area contributed by atoms with Crippen LogP contribution in [0.1, 0.15) is 16.5 Å². The van der Waals surface area contributed by atoms with Crippen molar-refractivity contribution in [2.24, 2.45) is 0 Å². The standard InChI is InChI=1S/C14H15Cl2NO3S2/c1-9-10(15)4-3-5-13(9)22(18,19)17-8-11(20-2)12-6-7-14(16)21-12/h3-7,11,17H,8H2,1-2H3. The van der Waals surface area contributed by atoms with Crippen LogP contribution in [0.4, 0.5) is 0 Å². The van der Waals surface area contributed by atoms with Gasteiger partial charge in [-0.25, -0.2) is 13.1 Å². The number of nitrogens with one attached hydrogen (secondary N) is 1. The number of methoxy groups -OCH3 is 1. The molecule has 0 fully saturated rings. The SMILES string of the molecule is COC(CNS(=O)(=O)c1cccc(Cl)c1C)c1ccc(Cl)s1. The fourth-order valence-electron chi connectivity index (χ4n) is 1.94. The van der Waals surface area contributed by atoms with Crippen LogP contribution in [0.15, 0.2) is 35.2 Å². The third-order valence-electron chi connectivity index (χ3n) is 3.16. The number of rotatable bonds is 6. The highest BCUT2D eigenvalue weighted by Gasteiger charge is 2.21. The van der Waals surface area contributed by atoms with Crippen LogP contribution in [-0.4, -0.2) is 22.1 Å². The molecule has 2 rings (SSSR count). The first-order valence-electron chi connectivity index (χ1n) is 6.38. The Bertz CT molecular complexity index is 759. The first kappa shape index (κ1) is 17.7. The number of sulfonamides is 1. The van der Waals surface area contributed by atoms with Gasteiger partial charge < -0.3 is 4.74 Å². The van der Waals surface area contributed by atoms with Crippen molar-refractivity contribution in [1.82, 2.24) is 4.72 Å². The number of hydrogen-bond acceptors (Lipinski definition) is 4. The maximum Gasteiger partial charge on any atom is 0.240 e. The zero-order chi connectivity index (χ0) is 16.3. The third kappa shape index (κ3) is 4.01. The van der Waals surface area contributed by atoms with E-state index in [1.807, 2.05) is 6.07 Å². The van der Waals surface area contributed by atoms with E-state index in [1.54, 1.807) is 25.1 Å². The molecule has 0 saturated heterocycles. The molecule has 1 aromatic heterocycles. The fraction of sp³-hybridized carbons (Fsp3) is 0.286. The second-order valence-corrected chi connectivity index (χ2v) is 8.47. The molecule has 0 aliphatic heterocycles. The minimum absolute atomic E-state index is 0.113. The molecule has 1 aromatic carbocycles. The van der Waals surface area contributed by atoms with Gasteiger partial charge in [-0.15, -0.1) is 11.3 Å². The van der Waals surface area contributed by atoms with Crippen molar-refractivity contribution < 1.29 is 13.2 Å². The van der Waals surface area contributed by atoms with E-state index in [0.717, 1.165) is 4.88 Å². The van der Waals surface area contributed by atoms with E-state index in [0.29, 0.717) is 14.9 Å². The summed E-state index contributed by atoms with van der Waals surface area (Å²) < 4.78 is 33.3. The van der Waals surface area contributed by atoms with Crippen LogP contribution in [0.3, 0.4) is 0 Å². The van der Waals surface area contributed by atoms with Gasteiger partial charge in [0.25, 0.3) is 0 Å². The molecule has 8 heteroatoms. The van der Waals surface area contributed by atoms with Gasteiger partial charge in [0.05, 0.1) is 9.23 Å². The minimum atomic E-state index is -3.66. The van der Waals surface area contributed by atoms with Crippen molar-refractivity contribution >= 4 is 44.6 Å². The zero-order valence-corrected chi connectivity index (χ0v) is 15.1. The highest BCUT2D eigenvalue weighted by atomic mass is 35.5. The summed E-state index contributed by atoms with van der Waals surface area (Å²) in [6.45, 7) is 1.78. The molecule has 1 unspecified atom stereocenters. The molecule has 0 aliphatic carbocycles. The van der Waals surface area contributed by atoms with Crippen LogP contribution in [-0.2, 0) is 14.8 Å². The van der Waals surface area contributed by atoms with Crippen LogP contribution >= 0.6 is 34.5 Å². The number of benzene rings is 1. The maximum atomic E-state index is 12.4. The third-order valence-corrected chi connectivity index (χ3v) is 6.46. The molecule has 120 valence electrons. The molecule has 0 amide bonds. The van der Waals surface area contributed by atoms with Crippen LogP contribution in [0.2, 0.25) is 9.36 Å². The molecule has 4 nitrogen and oxygen atoms in total. The molecule has 0 spiro atoms. The minimum Gasteiger partial charge on any atom is -0.375 e. The highest BCUT2D eigenvalue weighted by Crippen LogP contribution is 2.29. The normalized spacial score (nSPS) is 13.3. The Kier molecular flexibility index (Phi) is 5.87. The van der Waals surface area contributed by atoms with E-state index in [1.165, 1.54) is 24.5 Å². The van der Waals surface area contributed by atoms with Gasteiger partial charge in [-0.1, -0.05) is 29.3 Å². The Balaban J connectivity index is 2.17. The van der Waals surface area contributed by atoms with E-state index in [4.69, 9.17) is 27.9 Å². The first-order chi connectivity index (χ1) is 10.3. The Morgan fingerprint density at radius 3 is 2.59 bits per heavy atom. The average Bonchev–Trinajstić information content (AvgIpc) is 2.89. The van der Waals surface area contributed by atoms with Crippen molar-refractivity contribution in [2.45, 2.75) is 17.9 Å². The largest absolute Gasteiger partial charge is 0.375 e. The Labute approximate surface area is 144 Å². The molecular weight excluding hydrogens is 365 g/mol. The van der Waals surface area contributed by atoms with Gasteiger partial charge in [-0.3, -0.25) is 0 Å². The lowest BCUT2D eigenvalue weighted by atomic mass is 10.2. The lowest BCUT2D eigenvalue weighted by molar-refractivity contribution is 0.110. The van der Waals surface area contributed by atoms with Gasteiger partial charge in [0, 0.05) is 23.6 Å². The van der Waals surface area contributed by atoms with E-state index in [2.05, 4.69) is 4.72 Å². The molecule has 0 bridgehead atoms. The Morgan fingerprint density at radius 2 is 2.00 bits per heavy atom. The van der Waals surface area contributed by atoms with Gasteiger partial charge in [-0.05, 0) is 36.8 Å². The maximum absolute atomic E-state index is 12.4. The van der Waals surface area contributed by atoms with Crippen LogP contribution < -0.4 is 4.72 Å². The summed E-state index contributed by atoms with van der Waals surface area (Å²) in [5.41, 5.74) is 0.518. The number of hydrogen-bond donors (Lipinski definition) is 1. The summed E-state index contributed by atoms with van der Waals surface area (Å²) in [4.78, 5) is 1.03. The van der Waals surface area contributed by atoms with Crippen molar-refractivity contribution in [3.05, 3.63) is 50.1 Å². The lowest BCUT2D eigenvalue weighted by Gasteiger charge is -2.16. The van der Waals surface area contributed by atoms with E-state index in [9.17, 15) is 8.42 Å². The van der Waals surface area contributed by atoms with Crippen LogP contribution in [0.25, 0.3) is 0 Å². The highest BCUT2D eigenvalue weighted by molar-refractivity contribution is 7.89. The average molecular weight is 380 g/mol. The van der Waals surface area contributed by atoms with Crippen molar-refractivity contribution in [2.75, 3.05) is 13.7 Å². The number of halogens is 2. The van der Waals surface area contributed by atoms with Gasteiger partial charge in [-0.2, -0.15) is 0 Å². The summed E-state index contributed by atoms with van der Waals surface area (Å²) in [6.07, 6.45) is -0.397. The summed E-state index contributed by atoms with van der Waals surface area (Å²) >= 11 is 13.2. The quantitative estimate of drug-likeness (QED) is 0.823. The molecule has 0 saturated carbocycles. The van der Waals surface area contributed by atoms with E-state index >= 15 is 0 Å². The summed E-state index contributed by atoms with van der Waals surface area (Å²) in [6, 6.07) is 8.36. The van der Waals surface area contributed by atoms with Gasteiger partial charge >= 0.3 is 0 Å². The van der Waals surface area contributed by atoms with Gasteiger partial charge in [0.15, 0.2) is 0 Å². The summed E-state index contributed by atoms with van der Waals surface area (Å²) in [5, 5.41) is 0.413. The Morgan fingerprint density at radius 1 is 1.27 bits per heavy atom. The van der Waals surface area contributed by atoms with Gasteiger partial charge in [0.1, 0.15) is 6.10 Å². The van der Waals surface area contributed by atoms with Crippen molar-refractivity contribution in [3.8, 4) is 0 Å². The second kappa shape index (κ2) is 7.29. The zero-order valence-electron chi connectivity index (χ0n) is 12.0. The molecular formula is C14H15Cl2NO3S2. The fourth-order valence-corrected chi connectivity index (χ4v) is 4.61. The topological polar surface area (TPSA) is 55.4 Å². The molecule has 2 aromatic rings. The van der Waals surface area contributed by atoms with Crippen LogP contribution in [0.5, 0.6) is 0 Å². The summed E-state index contributed by atoms with van der Waals surface area (Å²) in [5.74, 6) is 0. The van der Waals surface area contributed by atoms with Gasteiger partial charge in [0.2, 0.25) is 10.0 Å². The second-order valence-electron chi connectivity index (χ2n) is 4.58. The summed E-state index contributed by atoms with van der Waals surface area (Å²) in [7, 11) is -2.14. The molecule has 22 heavy (non-hydrogen) atoms. The molecule has 0 radical (unpaired) electrons. The van der Waals surface area contributed by atoms with E-state index in [-0.39, 0.29) is 11.4 Å². The number of ether oxygens (including phenoxy) is 1. The Hall–Kier alpha value is -0.630. The number of thiophene rings is 1. The smallest absolute Gasteiger partial charge is 0.240 e. The monoisotopic (exact) mass is 379 g/mol. The molecule has 1 N–H and O–H groups in total. The molecule has 1 atom stereocenters. The molecule has 0 aliphatic rings. The predicted octanol–water partition coefficient (Wildman–Crippen LogP) is 4.03. The van der Waals surface area contributed by atoms with Crippen molar-refractivity contribution in [1.29, 1.82) is 0 Å². The van der Waals surface area contributed by atoms with E-state index < -0.39 is 16.1 Å². The van der Waals surface area contributed by atoms with Crippen molar-refractivity contribution in [3.63, 3.8) is 0 Å².